The van der Waals surface area contributed by atoms with Crippen molar-refractivity contribution in [2.75, 3.05) is 0 Å². The van der Waals surface area contributed by atoms with Gasteiger partial charge in [0.25, 0.3) is 0 Å². The van der Waals surface area contributed by atoms with Gasteiger partial charge >= 0.3 is 0 Å². The minimum atomic E-state index is 0.596. The molecule has 0 aromatic heterocycles. The first-order valence-electron chi connectivity index (χ1n) is 8.06. The van der Waals surface area contributed by atoms with E-state index < -0.39 is 0 Å². The van der Waals surface area contributed by atoms with Gasteiger partial charge in [0.15, 0.2) is 0 Å². The molecule has 2 aliphatic rings. The first-order chi connectivity index (χ1) is 9.25. The fraction of sp³-hybridized carbons (Fsp3) is 0.667. The average molecular weight is 257 g/mol. The van der Waals surface area contributed by atoms with Gasteiger partial charge in [0.05, 0.1) is 0 Å². The summed E-state index contributed by atoms with van der Waals surface area (Å²) in [5.41, 5.74) is 1.50. The summed E-state index contributed by atoms with van der Waals surface area (Å²) in [5, 5.41) is 4.01. The molecule has 1 aromatic rings. The highest BCUT2D eigenvalue weighted by atomic mass is 15.0. The Labute approximate surface area is 117 Å². The molecule has 0 heterocycles. The molecule has 1 heteroatoms. The van der Waals surface area contributed by atoms with Crippen molar-refractivity contribution in [3.05, 3.63) is 35.9 Å². The number of hydrogen-bond acceptors (Lipinski definition) is 1. The van der Waals surface area contributed by atoms with Crippen molar-refractivity contribution in [2.24, 2.45) is 17.8 Å². The number of benzene rings is 1. The van der Waals surface area contributed by atoms with E-state index in [1.165, 1.54) is 37.7 Å². The highest BCUT2D eigenvalue weighted by Crippen LogP contribution is 2.42. The Morgan fingerprint density at radius 3 is 2.42 bits per heavy atom. The monoisotopic (exact) mass is 257 g/mol. The van der Waals surface area contributed by atoms with Crippen LogP contribution < -0.4 is 5.32 Å². The van der Waals surface area contributed by atoms with Crippen LogP contribution in [0, 0.1) is 17.8 Å². The second kappa shape index (κ2) is 5.66. The van der Waals surface area contributed by atoms with Crippen molar-refractivity contribution in [3.63, 3.8) is 0 Å². The van der Waals surface area contributed by atoms with Crippen LogP contribution in [-0.4, -0.2) is 6.04 Å². The van der Waals surface area contributed by atoms with Gasteiger partial charge in [-0.15, -0.1) is 0 Å². The van der Waals surface area contributed by atoms with Crippen molar-refractivity contribution >= 4 is 0 Å². The maximum absolute atomic E-state index is 4.01. The lowest BCUT2D eigenvalue weighted by atomic mass is 9.77. The smallest absolute Gasteiger partial charge is 0.0351 e. The van der Waals surface area contributed by atoms with Crippen LogP contribution in [-0.2, 0) is 0 Å². The Balaban J connectivity index is 1.71. The fourth-order valence-corrected chi connectivity index (χ4v) is 3.64. The Bertz CT molecular complexity index is 395. The normalized spacial score (nSPS) is 33.1. The van der Waals surface area contributed by atoms with E-state index >= 15 is 0 Å². The van der Waals surface area contributed by atoms with Gasteiger partial charge in [-0.3, -0.25) is 0 Å². The molecule has 1 aromatic carbocycles. The first-order valence-corrected chi connectivity index (χ1v) is 8.06. The molecular formula is C18H27N. The van der Waals surface area contributed by atoms with E-state index in [1.54, 1.807) is 0 Å². The lowest BCUT2D eigenvalue weighted by Crippen LogP contribution is -2.43. The molecule has 0 amide bonds. The minimum absolute atomic E-state index is 0.596. The maximum Gasteiger partial charge on any atom is 0.0351 e. The quantitative estimate of drug-likeness (QED) is 0.834. The Kier molecular flexibility index (Phi) is 3.93. The van der Waals surface area contributed by atoms with E-state index in [1.807, 2.05) is 0 Å². The maximum atomic E-state index is 4.01. The lowest BCUT2D eigenvalue weighted by Gasteiger charge is -2.37. The van der Waals surface area contributed by atoms with Gasteiger partial charge in [-0.05, 0) is 42.6 Å². The molecule has 0 aliphatic heterocycles. The zero-order valence-corrected chi connectivity index (χ0v) is 12.3. The number of rotatable bonds is 4. The van der Waals surface area contributed by atoms with Crippen LogP contribution in [0.2, 0.25) is 0 Å². The molecular weight excluding hydrogens is 230 g/mol. The van der Waals surface area contributed by atoms with Crippen LogP contribution in [0.15, 0.2) is 30.3 Å². The zero-order valence-electron chi connectivity index (χ0n) is 12.3. The molecule has 1 N–H and O–H groups in total. The standard InChI is InChI=1S/C18H27N/c1-13-7-6-10-17(14(13)2)19-18(16-11-12-16)15-8-4-3-5-9-15/h3-5,8-9,13-14,16-19H,6-7,10-12H2,1-2H3. The second-order valence-corrected chi connectivity index (χ2v) is 6.77. The molecule has 1 nitrogen and oxygen atoms in total. The minimum Gasteiger partial charge on any atom is -0.307 e. The molecule has 4 atom stereocenters. The van der Waals surface area contributed by atoms with Crippen LogP contribution in [0.4, 0.5) is 0 Å². The van der Waals surface area contributed by atoms with Gasteiger partial charge in [0.1, 0.15) is 0 Å². The topological polar surface area (TPSA) is 12.0 Å². The highest BCUT2D eigenvalue weighted by Gasteiger charge is 2.36. The predicted molar refractivity (Wildman–Crippen MR) is 81.0 cm³/mol. The Morgan fingerprint density at radius 1 is 1.00 bits per heavy atom. The summed E-state index contributed by atoms with van der Waals surface area (Å²) in [4.78, 5) is 0. The predicted octanol–water partition coefficient (Wildman–Crippen LogP) is 4.55. The fourth-order valence-electron chi connectivity index (χ4n) is 3.64. The molecule has 2 saturated carbocycles. The summed E-state index contributed by atoms with van der Waals surface area (Å²) in [6.07, 6.45) is 6.99. The summed E-state index contributed by atoms with van der Waals surface area (Å²) in [6.45, 7) is 4.86. The number of hydrogen-bond donors (Lipinski definition) is 1. The van der Waals surface area contributed by atoms with Crippen molar-refractivity contribution in [1.82, 2.24) is 5.32 Å². The molecule has 2 aliphatic carbocycles. The second-order valence-electron chi connectivity index (χ2n) is 6.77. The van der Waals surface area contributed by atoms with E-state index in [0.29, 0.717) is 6.04 Å². The van der Waals surface area contributed by atoms with E-state index in [2.05, 4.69) is 49.5 Å². The van der Waals surface area contributed by atoms with Crippen LogP contribution in [0.3, 0.4) is 0 Å². The van der Waals surface area contributed by atoms with Gasteiger partial charge in [0, 0.05) is 12.1 Å². The molecule has 4 unspecified atom stereocenters. The van der Waals surface area contributed by atoms with Crippen LogP contribution in [0.5, 0.6) is 0 Å². The van der Waals surface area contributed by atoms with Gasteiger partial charge in [0.2, 0.25) is 0 Å². The zero-order chi connectivity index (χ0) is 13.2. The summed E-state index contributed by atoms with van der Waals surface area (Å²) in [6, 6.07) is 12.4. The SMILES string of the molecule is CC1CCCC(NC(c2ccccc2)C2CC2)C1C. The van der Waals surface area contributed by atoms with Crippen LogP contribution in [0.1, 0.15) is 57.6 Å². The molecule has 0 spiro atoms. The lowest BCUT2D eigenvalue weighted by molar-refractivity contribution is 0.188. The van der Waals surface area contributed by atoms with E-state index in [0.717, 1.165) is 23.8 Å². The van der Waals surface area contributed by atoms with Gasteiger partial charge in [-0.1, -0.05) is 57.0 Å². The molecule has 2 fully saturated rings. The van der Waals surface area contributed by atoms with E-state index in [4.69, 9.17) is 0 Å². The summed E-state index contributed by atoms with van der Waals surface area (Å²) in [7, 11) is 0. The Hall–Kier alpha value is -0.820. The third-order valence-electron chi connectivity index (χ3n) is 5.35. The third-order valence-corrected chi connectivity index (χ3v) is 5.35. The molecule has 0 bridgehead atoms. The van der Waals surface area contributed by atoms with Crippen LogP contribution >= 0.6 is 0 Å². The van der Waals surface area contributed by atoms with E-state index in [-0.39, 0.29) is 0 Å². The third kappa shape index (κ3) is 3.02. The number of nitrogens with one attached hydrogen (secondary N) is 1. The molecule has 0 saturated heterocycles. The van der Waals surface area contributed by atoms with E-state index in [9.17, 15) is 0 Å². The first kappa shape index (κ1) is 13.2. The van der Waals surface area contributed by atoms with Gasteiger partial charge < -0.3 is 5.32 Å². The summed E-state index contributed by atoms with van der Waals surface area (Å²) in [5.74, 6) is 2.58. The van der Waals surface area contributed by atoms with Crippen molar-refractivity contribution in [1.29, 1.82) is 0 Å². The largest absolute Gasteiger partial charge is 0.307 e. The average Bonchev–Trinajstić information content (AvgIpc) is 3.26. The molecule has 3 rings (SSSR count). The van der Waals surface area contributed by atoms with Crippen molar-refractivity contribution in [3.8, 4) is 0 Å². The Morgan fingerprint density at radius 2 is 1.74 bits per heavy atom. The molecule has 104 valence electrons. The van der Waals surface area contributed by atoms with Gasteiger partial charge in [-0.2, -0.15) is 0 Å². The summed E-state index contributed by atoms with van der Waals surface area (Å²) >= 11 is 0. The summed E-state index contributed by atoms with van der Waals surface area (Å²) < 4.78 is 0. The van der Waals surface area contributed by atoms with Crippen LogP contribution in [0.25, 0.3) is 0 Å². The highest BCUT2D eigenvalue weighted by molar-refractivity contribution is 5.21. The van der Waals surface area contributed by atoms with Crippen molar-refractivity contribution in [2.45, 2.75) is 58.0 Å². The molecule has 19 heavy (non-hydrogen) atoms. The van der Waals surface area contributed by atoms with Crippen molar-refractivity contribution < 1.29 is 0 Å². The van der Waals surface area contributed by atoms with Gasteiger partial charge in [-0.25, -0.2) is 0 Å². The molecule has 0 radical (unpaired) electrons.